The standard InChI is InChI=1S/C29H39N2O4/c1-31(2,3)25-17-15-23(16-18-25)21-28(32)35-20-12-8-6-5-7-11-19-30-26-14-10-9-13-24(26)22-27(30)29(33)34-4/h9-10,13-18,22H,5-8,11-12,19-21H2,1-4H3/q+1. The second-order valence-electron chi connectivity index (χ2n) is 9.93. The molecule has 0 saturated heterocycles. The summed E-state index contributed by atoms with van der Waals surface area (Å²) in [5.41, 5.74) is 3.87. The number of quaternary nitrogens is 1. The van der Waals surface area contributed by atoms with Crippen LogP contribution < -0.4 is 4.48 Å². The van der Waals surface area contributed by atoms with Crippen LogP contribution in [0.1, 0.15) is 54.6 Å². The number of fused-ring (bicyclic) bond motifs is 1. The van der Waals surface area contributed by atoms with Crippen molar-refractivity contribution in [1.82, 2.24) is 9.05 Å². The smallest absolute Gasteiger partial charge is 0.354 e. The van der Waals surface area contributed by atoms with Crippen LogP contribution in [0.4, 0.5) is 5.69 Å². The third-order valence-corrected chi connectivity index (χ3v) is 6.30. The van der Waals surface area contributed by atoms with Crippen molar-refractivity contribution in [2.45, 2.75) is 51.5 Å². The van der Waals surface area contributed by atoms with Crippen LogP contribution in [0.3, 0.4) is 0 Å². The molecule has 3 aromatic rings. The molecule has 188 valence electrons. The molecule has 0 bridgehead atoms. The van der Waals surface area contributed by atoms with Crippen molar-refractivity contribution >= 4 is 28.5 Å². The number of nitrogens with zero attached hydrogens (tertiary/aromatic N) is 2. The maximum atomic E-state index is 12.2. The average Bonchev–Trinajstić information content (AvgIpc) is 3.21. The molecule has 2 aromatic carbocycles. The highest BCUT2D eigenvalue weighted by molar-refractivity contribution is 5.95. The molecule has 0 N–H and O–H groups in total. The molecule has 0 radical (unpaired) electrons. The highest BCUT2D eigenvalue weighted by Crippen LogP contribution is 2.22. The molecule has 3 rings (SSSR count). The van der Waals surface area contributed by atoms with Crippen molar-refractivity contribution in [3.05, 3.63) is 65.9 Å². The largest absolute Gasteiger partial charge is 0.465 e. The van der Waals surface area contributed by atoms with Gasteiger partial charge in [-0.1, -0.05) is 56.0 Å². The number of methoxy groups -OCH3 is 1. The Hall–Kier alpha value is -3.12. The van der Waals surface area contributed by atoms with Gasteiger partial charge in [0, 0.05) is 17.4 Å². The lowest BCUT2D eigenvalue weighted by molar-refractivity contribution is -0.142. The van der Waals surface area contributed by atoms with E-state index in [9.17, 15) is 9.59 Å². The molecular formula is C29H39N2O4+. The Morgan fingerprint density at radius 2 is 1.51 bits per heavy atom. The summed E-state index contributed by atoms with van der Waals surface area (Å²) in [7, 11) is 7.78. The zero-order valence-corrected chi connectivity index (χ0v) is 21.6. The molecule has 0 saturated carbocycles. The Bertz CT molecular complexity index is 1110. The number of hydrogen-bond donors (Lipinski definition) is 0. The molecule has 0 aliphatic heterocycles. The summed E-state index contributed by atoms with van der Waals surface area (Å²) in [6, 6.07) is 18.1. The highest BCUT2D eigenvalue weighted by Gasteiger charge is 2.15. The average molecular weight is 480 g/mol. The predicted octanol–water partition coefficient (Wildman–Crippen LogP) is 5.75. The first-order valence-electron chi connectivity index (χ1n) is 12.5. The molecule has 0 spiro atoms. The molecule has 1 heterocycles. The molecule has 35 heavy (non-hydrogen) atoms. The number of ether oxygens (including phenoxy) is 2. The molecule has 0 unspecified atom stereocenters. The fourth-order valence-electron chi connectivity index (χ4n) is 4.27. The molecular weight excluding hydrogens is 440 g/mol. The minimum atomic E-state index is -0.295. The third-order valence-electron chi connectivity index (χ3n) is 6.30. The van der Waals surface area contributed by atoms with Gasteiger partial charge in [-0.3, -0.25) is 9.28 Å². The first kappa shape index (κ1) is 26.5. The SMILES string of the molecule is COC(=O)c1cc2ccccc2n1CCCCCCCCOC(=O)Cc1ccc([N+](C)(C)C)cc1. The van der Waals surface area contributed by atoms with Crippen molar-refractivity contribution in [2.24, 2.45) is 0 Å². The van der Waals surface area contributed by atoms with Crippen LogP contribution in [0, 0.1) is 0 Å². The number of unbranched alkanes of at least 4 members (excludes halogenated alkanes) is 5. The molecule has 0 atom stereocenters. The van der Waals surface area contributed by atoms with E-state index >= 15 is 0 Å². The molecule has 6 nitrogen and oxygen atoms in total. The van der Waals surface area contributed by atoms with Crippen LogP contribution in [0.15, 0.2) is 54.6 Å². The van der Waals surface area contributed by atoms with Gasteiger partial charge in [0.05, 0.1) is 41.3 Å². The first-order chi connectivity index (χ1) is 16.8. The van der Waals surface area contributed by atoms with Crippen LogP contribution >= 0.6 is 0 Å². The normalized spacial score (nSPS) is 11.5. The van der Waals surface area contributed by atoms with Gasteiger partial charge in [-0.2, -0.15) is 0 Å². The molecule has 6 heteroatoms. The number of hydrogen-bond acceptors (Lipinski definition) is 4. The fourth-order valence-corrected chi connectivity index (χ4v) is 4.27. The van der Waals surface area contributed by atoms with E-state index in [-0.39, 0.29) is 11.9 Å². The monoisotopic (exact) mass is 479 g/mol. The number of rotatable bonds is 13. The van der Waals surface area contributed by atoms with Gasteiger partial charge in [-0.05, 0) is 42.7 Å². The van der Waals surface area contributed by atoms with Crippen molar-refractivity contribution in [3.8, 4) is 0 Å². The Morgan fingerprint density at radius 1 is 0.857 bits per heavy atom. The van der Waals surface area contributed by atoms with Crippen molar-refractivity contribution in [2.75, 3.05) is 34.9 Å². The van der Waals surface area contributed by atoms with Crippen LogP contribution in [0.25, 0.3) is 10.9 Å². The van der Waals surface area contributed by atoms with Gasteiger partial charge in [-0.15, -0.1) is 0 Å². The topological polar surface area (TPSA) is 57.5 Å². The zero-order chi connectivity index (χ0) is 25.3. The summed E-state index contributed by atoms with van der Waals surface area (Å²) in [5, 5.41) is 1.06. The van der Waals surface area contributed by atoms with Gasteiger partial charge in [0.15, 0.2) is 0 Å². The Labute approximate surface area is 209 Å². The molecule has 1 aromatic heterocycles. The first-order valence-corrected chi connectivity index (χ1v) is 12.5. The molecule has 0 amide bonds. The highest BCUT2D eigenvalue weighted by atomic mass is 16.5. The van der Waals surface area contributed by atoms with E-state index in [4.69, 9.17) is 9.47 Å². The Balaban J connectivity index is 1.29. The second-order valence-corrected chi connectivity index (χ2v) is 9.93. The fraction of sp³-hybridized carbons (Fsp3) is 0.448. The lowest BCUT2D eigenvalue weighted by Gasteiger charge is -2.23. The van der Waals surface area contributed by atoms with Gasteiger partial charge in [-0.25, -0.2) is 4.79 Å². The van der Waals surface area contributed by atoms with E-state index in [0.29, 0.717) is 18.7 Å². The maximum Gasteiger partial charge on any atom is 0.354 e. The van der Waals surface area contributed by atoms with Gasteiger partial charge in [0.2, 0.25) is 0 Å². The van der Waals surface area contributed by atoms with E-state index in [1.807, 2.05) is 42.5 Å². The second kappa shape index (κ2) is 12.5. The lowest BCUT2D eigenvalue weighted by atomic mass is 10.1. The number of aromatic nitrogens is 1. The number of para-hydroxylation sites is 1. The van der Waals surface area contributed by atoms with E-state index < -0.39 is 0 Å². The lowest BCUT2D eigenvalue weighted by Crippen LogP contribution is -2.34. The number of esters is 2. The van der Waals surface area contributed by atoms with Crippen molar-refractivity contribution in [1.29, 1.82) is 0 Å². The van der Waals surface area contributed by atoms with E-state index in [1.165, 1.54) is 12.8 Å². The summed E-state index contributed by atoms with van der Waals surface area (Å²) in [6.07, 6.45) is 6.59. The number of carbonyl (C=O) groups is 2. The molecule has 0 aliphatic carbocycles. The minimum absolute atomic E-state index is 0.164. The van der Waals surface area contributed by atoms with Gasteiger partial charge < -0.3 is 14.0 Å². The summed E-state index contributed by atoms with van der Waals surface area (Å²) in [6.45, 7) is 1.28. The van der Waals surface area contributed by atoms with Gasteiger partial charge in [0.25, 0.3) is 0 Å². The van der Waals surface area contributed by atoms with Gasteiger partial charge in [0.1, 0.15) is 11.4 Å². The van der Waals surface area contributed by atoms with E-state index in [2.05, 4.69) is 37.8 Å². The maximum absolute atomic E-state index is 12.2. The van der Waals surface area contributed by atoms with Crippen LogP contribution in [-0.4, -0.2) is 51.4 Å². The minimum Gasteiger partial charge on any atom is -0.465 e. The van der Waals surface area contributed by atoms with E-state index in [0.717, 1.165) is 66.0 Å². The summed E-state index contributed by atoms with van der Waals surface area (Å²) >= 11 is 0. The summed E-state index contributed by atoms with van der Waals surface area (Å²) in [4.78, 5) is 24.3. The quantitative estimate of drug-likeness (QED) is 0.178. The van der Waals surface area contributed by atoms with Crippen LogP contribution in [0.5, 0.6) is 0 Å². The van der Waals surface area contributed by atoms with Crippen LogP contribution in [-0.2, 0) is 27.2 Å². The summed E-state index contributed by atoms with van der Waals surface area (Å²) < 4.78 is 13.2. The molecule has 0 fully saturated rings. The number of aryl methyl sites for hydroxylation is 1. The van der Waals surface area contributed by atoms with Crippen molar-refractivity contribution < 1.29 is 19.1 Å². The zero-order valence-electron chi connectivity index (χ0n) is 21.6. The van der Waals surface area contributed by atoms with E-state index in [1.54, 1.807) is 0 Å². The number of benzene rings is 2. The Kier molecular flexibility index (Phi) is 9.49. The third kappa shape index (κ3) is 7.69. The summed E-state index contributed by atoms with van der Waals surface area (Å²) in [5.74, 6) is -0.458. The Morgan fingerprint density at radius 3 is 2.20 bits per heavy atom. The molecule has 0 aliphatic rings. The van der Waals surface area contributed by atoms with Crippen LogP contribution in [0.2, 0.25) is 0 Å². The number of carbonyl (C=O) groups excluding carboxylic acids is 2. The predicted molar refractivity (Wildman–Crippen MR) is 142 cm³/mol. The van der Waals surface area contributed by atoms with Crippen molar-refractivity contribution in [3.63, 3.8) is 0 Å². The van der Waals surface area contributed by atoms with Gasteiger partial charge >= 0.3 is 11.9 Å².